The summed E-state index contributed by atoms with van der Waals surface area (Å²) in [4.78, 5) is 79.3. The number of aliphatic hydroxyl groups excluding tert-OH is 2. The first-order chi connectivity index (χ1) is 41.7. The van der Waals surface area contributed by atoms with Crippen molar-refractivity contribution in [3.8, 4) is 23.0 Å². The van der Waals surface area contributed by atoms with Gasteiger partial charge in [0.1, 0.15) is 101 Å². The molecule has 2 heterocycles. The molecule has 2 N–H and O–H groups in total. The predicted molar refractivity (Wildman–Crippen MR) is 323 cm³/mol. The molecule has 6 aromatic rings. The van der Waals surface area contributed by atoms with Crippen molar-refractivity contribution in [1.29, 1.82) is 0 Å². The molecule has 22 heteroatoms. The fourth-order valence-corrected chi connectivity index (χ4v) is 7.61. The van der Waals surface area contributed by atoms with Crippen molar-refractivity contribution in [1.82, 2.24) is 19.1 Å². The standard InChI is InChI=1S/C37H40N4O10.C29H36O8/c1-25(2)33(42)48-21-31(50-35(44)40-17-15-38-23-40)19-46-29-11-7-27(8-12-29)37(5,6)28-9-13-30(14-10-28)47-20-32(22-49-34(43)26(3)4)51-36(45)41-18-16-39-24-41;1-19(2)27(32)36-17-23(30)15-34-25-11-7-21(8-12-25)29(5,6)22-9-13-26(14-10-22)35-16-24(31)18-37-28(33)20(3)4/h7-18,23-24,31-32H,1,3,19-22H2,2,4-6H3;7-14,23-24,30-31H,1,3,15-18H2,2,4-6H3. The fraction of sp³-hybridized carbons (Fsp3) is 0.333. The van der Waals surface area contributed by atoms with Crippen molar-refractivity contribution < 1.29 is 86.3 Å². The highest BCUT2D eigenvalue weighted by Crippen LogP contribution is 2.35. The summed E-state index contributed by atoms with van der Waals surface area (Å²) in [6, 6.07) is 30.0. The zero-order valence-electron chi connectivity index (χ0n) is 50.7. The van der Waals surface area contributed by atoms with Gasteiger partial charge in [-0.15, -0.1) is 0 Å². The summed E-state index contributed by atoms with van der Waals surface area (Å²) < 4.78 is 56.5. The third kappa shape index (κ3) is 21.9. The van der Waals surface area contributed by atoms with E-state index in [4.69, 9.17) is 47.4 Å². The van der Waals surface area contributed by atoms with Crippen molar-refractivity contribution in [2.24, 2.45) is 0 Å². The molecule has 4 unspecified atom stereocenters. The Bertz CT molecular complexity index is 3080. The summed E-state index contributed by atoms with van der Waals surface area (Å²) in [7, 11) is 0. The Balaban J connectivity index is 0.000000338. The lowest BCUT2D eigenvalue weighted by Gasteiger charge is -2.27. The smallest absolute Gasteiger partial charge is 0.419 e. The molecule has 2 aromatic heterocycles. The van der Waals surface area contributed by atoms with Gasteiger partial charge in [0.25, 0.3) is 0 Å². The lowest BCUT2D eigenvalue weighted by molar-refractivity contribution is -0.143. The van der Waals surface area contributed by atoms with E-state index in [2.05, 4.69) is 64.0 Å². The van der Waals surface area contributed by atoms with Gasteiger partial charge in [0.15, 0.2) is 12.2 Å². The number of imidazole rings is 2. The average molecular weight is 1210 g/mol. The molecule has 0 fully saturated rings. The molecule has 0 radical (unpaired) electrons. The van der Waals surface area contributed by atoms with Crippen LogP contribution in [0.1, 0.15) is 77.6 Å². The summed E-state index contributed by atoms with van der Waals surface area (Å²) in [6.45, 7) is 27.6. The Morgan fingerprint density at radius 3 is 0.898 bits per heavy atom. The third-order valence-electron chi connectivity index (χ3n) is 13.0. The van der Waals surface area contributed by atoms with E-state index in [-0.39, 0.29) is 80.6 Å². The van der Waals surface area contributed by atoms with Gasteiger partial charge in [-0.1, -0.05) is 103 Å². The Labute approximate surface area is 511 Å². The second kappa shape index (κ2) is 33.2. The molecule has 4 atom stereocenters. The summed E-state index contributed by atoms with van der Waals surface area (Å²) in [5.74, 6) is -0.114. The lowest BCUT2D eigenvalue weighted by Crippen LogP contribution is -2.32. The molecule has 0 saturated heterocycles. The first-order valence-corrected chi connectivity index (χ1v) is 27.7. The highest BCUT2D eigenvalue weighted by Gasteiger charge is 2.27. The van der Waals surface area contributed by atoms with Crippen LogP contribution in [0.3, 0.4) is 0 Å². The quantitative estimate of drug-likeness (QED) is 0.0241. The van der Waals surface area contributed by atoms with Crippen LogP contribution in [-0.4, -0.2) is 143 Å². The molecular weight excluding hydrogens is 1140 g/mol. The van der Waals surface area contributed by atoms with E-state index in [9.17, 15) is 39.0 Å². The number of rotatable bonds is 30. The predicted octanol–water partition coefficient (Wildman–Crippen LogP) is 9.24. The molecule has 0 spiro atoms. The number of hydrogen-bond donors (Lipinski definition) is 2. The van der Waals surface area contributed by atoms with Crippen molar-refractivity contribution in [2.75, 3.05) is 52.9 Å². The maximum atomic E-state index is 12.5. The minimum Gasteiger partial charge on any atom is -0.491 e. The minimum absolute atomic E-state index is 0.0152. The Morgan fingerprint density at radius 1 is 0.409 bits per heavy atom. The molecule has 22 nitrogen and oxygen atoms in total. The maximum Gasteiger partial charge on any atom is 0.419 e. The monoisotopic (exact) mass is 1210 g/mol. The lowest BCUT2D eigenvalue weighted by atomic mass is 9.78. The number of ether oxygens (including phenoxy) is 10. The van der Waals surface area contributed by atoms with Gasteiger partial charge >= 0.3 is 36.1 Å². The Morgan fingerprint density at radius 2 is 0.659 bits per heavy atom. The number of aromatic nitrogens is 4. The van der Waals surface area contributed by atoms with Crippen LogP contribution >= 0.6 is 0 Å². The van der Waals surface area contributed by atoms with Crippen LogP contribution in [0, 0.1) is 0 Å². The summed E-state index contributed by atoms with van der Waals surface area (Å²) in [6.07, 6.45) is 3.26. The summed E-state index contributed by atoms with van der Waals surface area (Å²) in [5.41, 5.74) is 4.33. The topological polar surface area (TPSA) is 271 Å². The van der Waals surface area contributed by atoms with E-state index in [0.717, 1.165) is 31.4 Å². The Kier molecular flexibility index (Phi) is 26.0. The zero-order valence-corrected chi connectivity index (χ0v) is 50.7. The van der Waals surface area contributed by atoms with E-state index in [1.165, 1.54) is 65.1 Å². The van der Waals surface area contributed by atoms with Crippen LogP contribution in [0.15, 0.2) is 183 Å². The molecule has 0 aliphatic heterocycles. The average Bonchev–Trinajstić information content (AvgIpc) is 3.42. The van der Waals surface area contributed by atoms with Crippen LogP contribution in [0.25, 0.3) is 0 Å². The maximum absolute atomic E-state index is 12.5. The summed E-state index contributed by atoms with van der Waals surface area (Å²) in [5, 5.41) is 19.9. The minimum atomic E-state index is -0.951. The van der Waals surface area contributed by atoms with Crippen LogP contribution < -0.4 is 18.9 Å². The molecule has 4 aromatic carbocycles. The number of hydrogen-bond acceptors (Lipinski definition) is 20. The molecule has 0 saturated carbocycles. The second-order valence-corrected chi connectivity index (χ2v) is 21.4. The van der Waals surface area contributed by atoms with Gasteiger partial charge in [-0.25, -0.2) is 47.9 Å². The van der Waals surface area contributed by atoms with E-state index in [1.807, 2.05) is 72.8 Å². The summed E-state index contributed by atoms with van der Waals surface area (Å²) >= 11 is 0. The van der Waals surface area contributed by atoms with Gasteiger partial charge in [-0.2, -0.15) is 0 Å². The zero-order chi connectivity index (χ0) is 64.6. The molecule has 0 bridgehead atoms. The van der Waals surface area contributed by atoms with Gasteiger partial charge in [-0.3, -0.25) is 0 Å². The van der Waals surface area contributed by atoms with Crippen LogP contribution in [-0.2, 0) is 58.4 Å². The van der Waals surface area contributed by atoms with E-state index in [0.29, 0.717) is 23.0 Å². The first kappa shape index (κ1) is 69.0. The van der Waals surface area contributed by atoms with E-state index < -0.39 is 65.9 Å². The van der Waals surface area contributed by atoms with Crippen LogP contribution in [0.2, 0.25) is 0 Å². The van der Waals surface area contributed by atoms with Crippen LogP contribution in [0.5, 0.6) is 23.0 Å². The van der Waals surface area contributed by atoms with Crippen molar-refractivity contribution in [3.05, 3.63) is 205 Å². The van der Waals surface area contributed by atoms with Crippen molar-refractivity contribution in [3.63, 3.8) is 0 Å². The van der Waals surface area contributed by atoms with Gasteiger partial charge < -0.3 is 57.6 Å². The Hall–Kier alpha value is -9.80. The molecule has 6 rings (SSSR count). The van der Waals surface area contributed by atoms with E-state index >= 15 is 0 Å². The van der Waals surface area contributed by atoms with Crippen LogP contribution in [0.4, 0.5) is 9.59 Å². The van der Waals surface area contributed by atoms with Crippen molar-refractivity contribution >= 4 is 36.1 Å². The van der Waals surface area contributed by atoms with Crippen molar-refractivity contribution in [2.45, 2.75) is 90.6 Å². The highest BCUT2D eigenvalue weighted by molar-refractivity contribution is 5.88. The van der Waals surface area contributed by atoms with Gasteiger partial charge in [-0.05, 0) is 98.5 Å². The normalized spacial score (nSPS) is 12.4. The number of esters is 4. The van der Waals surface area contributed by atoms with Gasteiger partial charge in [0.2, 0.25) is 0 Å². The third-order valence-corrected chi connectivity index (χ3v) is 13.0. The van der Waals surface area contributed by atoms with E-state index in [1.54, 1.807) is 24.3 Å². The number of aliphatic hydroxyl groups is 2. The number of carbonyl (C=O) groups is 6. The number of nitrogens with zero attached hydrogens (tertiary/aromatic N) is 4. The highest BCUT2D eigenvalue weighted by atomic mass is 16.6. The number of benzene rings is 4. The molecule has 0 amide bonds. The SMILES string of the molecule is C=C(C)C(=O)OCC(COc1ccc(C(C)(C)c2ccc(OCC(COC(=O)C(=C)C)OC(=O)n3ccnc3)cc2)cc1)OC(=O)n1ccnc1.C=C(C)C(=O)OCC(O)COc1ccc(C(C)(C)c2ccc(OCC(O)COC(=O)C(=C)C)cc2)cc1. The first-order valence-electron chi connectivity index (χ1n) is 27.7. The molecule has 88 heavy (non-hydrogen) atoms. The van der Waals surface area contributed by atoms with Gasteiger partial charge in [0, 0.05) is 57.9 Å². The largest absolute Gasteiger partial charge is 0.491 e. The van der Waals surface area contributed by atoms with Gasteiger partial charge in [0.05, 0.1) is 0 Å². The molecule has 0 aliphatic rings. The number of carbonyl (C=O) groups excluding carboxylic acids is 6. The molecule has 0 aliphatic carbocycles. The fourth-order valence-electron chi connectivity index (χ4n) is 7.61. The molecular formula is C66H76N4O18. The molecule has 468 valence electrons. The second-order valence-electron chi connectivity index (χ2n) is 21.4.